The number of nitrogens with one attached hydrogen (secondary N) is 1. The molecule has 0 aliphatic heterocycles. The molecule has 0 fully saturated rings. The van der Waals surface area contributed by atoms with Crippen molar-refractivity contribution in [1.82, 2.24) is 4.98 Å². The Morgan fingerprint density at radius 3 is 2.75 bits per heavy atom. The lowest BCUT2D eigenvalue weighted by molar-refractivity contribution is -0.133. The van der Waals surface area contributed by atoms with Gasteiger partial charge in [0.1, 0.15) is 5.60 Å². The minimum absolute atomic E-state index is 0.263. The molecule has 0 aliphatic carbocycles. The van der Waals surface area contributed by atoms with E-state index in [2.05, 4.69) is 10.3 Å². The van der Waals surface area contributed by atoms with E-state index < -0.39 is 11.7 Å². The molecule has 16 heavy (non-hydrogen) atoms. The van der Waals surface area contributed by atoms with Crippen LogP contribution in [0.5, 0.6) is 0 Å². The van der Waals surface area contributed by atoms with E-state index >= 15 is 0 Å². The number of aromatic nitrogens is 1. The van der Waals surface area contributed by atoms with Gasteiger partial charge < -0.3 is 9.84 Å². The quantitative estimate of drug-likeness (QED) is 0.843. The van der Waals surface area contributed by atoms with Gasteiger partial charge in [-0.1, -0.05) is 0 Å². The molecule has 1 heterocycles. The van der Waals surface area contributed by atoms with E-state index in [1.165, 1.54) is 18.4 Å². The van der Waals surface area contributed by atoms with Crippen LogP contribution in [0, 0.1) is 0 Å². The highest BCUT2D eigenvalue weighted by Crippen LogP contribution is 2.21. The van der Waals surface area contributed by atoms with Gasteiger partial charge in [-0.15, -0.1) is 11.3 Å². The van der Waals surface area contributed by atoms with Gasteiger partial charge in [0.2, 0.25) is 0 Å². The number of carbonyl (C=O) groups is 1. The Morgan fingerprint density at radius 1 is 1.69 bits per heavy atom. The Kier molecular flexibility index (Phi) is 4.01. The number of carbonyl (C=O) groups excluding carboxylic acids is 1. The van der Waals surface area contributed by atoms with Crippen molar-refractivity contribution in [1.29, 1.82) is 0 Å². The van der Waals surface area contributed by atoms with Crippen molar-refractivity contribution in [3.63, 3.8) is 0 Å². The second kappa shape index (κ2) is 4.90. The van der Waals surface area contributed by atoms with Crippen LogP contribution in [0.1, 0.15) is 32.6 Å². The molecule has 1 rings (SSSR count). The van der Waals surface area contributed by atoms with Gasteiger partial charge in [0.25, 0.3) is 5.91 Å². The second-order valence-corrected chi connectivity index (χ2v) is 4.78. The second-order valence-electron chi connectivity index (χ2n) is 3.92. The van der Waals surface area contributed by atoms with Gasteiger partial charge in [0.05, 0.1) is 11.8 Å². The maximum Gasteiger partial charge on any atom is 0.257 e. The van der Waals surface area contributed by atoms with E-state index in [1.54, 1.807) is 26.2 Å². The fourth-order valence-electron chi connectivity index (χ4n) is 0.876. The SMILES string of the molecule is COC(C)(C)C(=O)Nc1nc(C(C)O)cs1. The van der Waals surface area contributed by atoms with E-state index in [0.29, 0.717) is 10.8 Å². The van der Waals surface area contributed by atoms with Gasteiger partial charge in [-0.2, -0.15) is 0 Å². The summed E-state index contributed by atoms with van der Waals surface area (Å²) in [6.45, 7) is 4.97. The first-order chi connectivity index (χ1) is 7.36. The molecule has 0 radical (unpaired) electrons. The monoisotopic (exact) mass is 244 g/mol. The lowest BCUT2D eigenvalue weighted by atomic mass is 10.1. The smallest absolute Gasteiger partial charge is 0.257 e. The number of amides is 1. The number of rotatable bonds is 4. The summed E-state index contributed by atoms with van der Waals surface area (Å²) >= 11 is 1.27. The van der Waals surface area contributed by atoms with E-state index in [1.807, 2.05) is 0 Å². The maximum absolute atomic E-state index is 11.7. The van der Waals surface area contributed by atoms with Crippen molar-refractivity contribution in [2.24, 2.45) is 0 Å². The molecular formula is C10H16N2O3S. The van der Waals surface area contributed by atoms with Crippen LogP contribution >= 0.6 is 11.3 Å². The third kappa shape index (κ3) is 3.01. The lowest BCUT2D eigenvalue weighted by Crippen LogP contribution is -2.38. The zero-order valence-corrected chi connectivity index (χ0v) is 10.6. The summed E-state index contributed by atoms with van der Waals surface area (Å²) in [5.41, 5.74) is -0.341. The topological polar surface area (TPSA) is 71.5 Å². The van der Waals surface area contributed by atoms with Crippen LogP contribution < -0.4 is 5.32 Å². The summed E-state index contributed by atoms with van der Waals surface area (Å²) in [5.74, 6) is -0.263. The third-order valence-corrected chi connectivity index (χ3v) is 3.00. The van der Waals surface area contributed by atoms with E-state index in [9.17, 15) is 9.90 Å². The number of hydrogen-bond acceptors (Lipinski definition) is 5. The van der Waals surface area contributed by atoms with Gasteiger partial charge in [0.15, 0.2) is 5.13 Å². The molecule has 6 heteroatoms. The summed E-state index contributed by atoms with van der Waals surface area (Å²) in [5, 5.41) is 14.1. The highest BCUT2D eigenvalue weighted by molar-refractivity contribution is 7.13. The van der Waals surface area contributed by atoms with Crippen molar-refractivity contribution < 1.29 is 14.6 Å². The number of nitrogens with zero attached hydrogens (tertiary/aromatic N) is 1. The number of aliphatic hydroxyl groups excluding tert-OH is 1. The molecule has 0 spiro atoms. The molecule has 1 aromatic heterocycles. The van der Waals surface area contributed by atoms with Crippen LogP contribution in [0.2, 0.25) is 0 Å². The predicted octanol–water partition coefficient (Wildman–Crippen LogP) is 1.56. The molecule has 0 saturated carbocycles. The molecule has 1 aromatic rings. The van der Waals surface area contributed by atoms with Gasteiger partial charge in [-0.25, -0.2) is 4.98 Å². The Hall–Kier alpha value is -0.980. The van der Waals surface area contributed by atoms with Crippen LogP contribution in [0.4, 0.5) is 5.13 Å². The van der Waals surface area contributed by atoms with E-state index in [-0.39, 0.29) is 5.91 Å². The van der Waals surface area contributed by atoms with Crippen molar-refractivity contribution in [2.75, 3.05) is 12.4 Å². The zero-order chi connectivity index (χ0) is 12.3. The summed E-state index contributed by atoms with van der Waals surface area (Å²) in [7, 11) is 1.47. The Morgan fingerprint density at radius 2 is 2.31 bits per heavy atom. The summed E-state index contributed by atoms with van der Waals surface area (Å²) in [6.07, 6.45) is -0.627. The predicted molar refractivity (Wildman–Crippen MR) is 62.5 cm³/mol. The first-order valence-corrected chi connectivity index (χ1v) is 5.75. The van der Waals surface area contributed by atoms with Crippen molar-refractivity contribution >= 4 is 22.4 Å². The first-order valence-electron chi connectivity index (χ1n) is 4.87. The fraction of sp³-hybridized carbons (Fsp3) is 0.600. The van der Waals surface area contributed by atoms with Crippen molar-refractivity contribution in [2.45, 2.75) is 32.5 Å². The highest BCUT2D eigenvalue weighted by Gasteiger charge is 2.27. The molecule has 0 saturated heterocycles. The first kappa shape index (κ1) is 13.1. The Labute approximate surface area is 98.5 Å². The fourth-order valence-corrected chi connectivity index (χ4v) is 1.67. The van der Waals surface area contributed by atoms with Crippen LogP contribution in [0.3, 0.4) is 0 Å². The van der Waals surface area contributed by atoms with E-state index in [0.717, 1.165) is 0 Å². The Bertz CT molecular complexity index is 374. The van der Waals surface area contributed by atoms with Gasteiger partial charge >= 0.3 is 0 Å². The minimum atomic E-state index is -0.892. The van der Waals surface area contributed by atoms with Crippen LogP contribution in [0.15, 0.2) is 5.38 Å². The number of anilines is 1. The normalized spacial score (nSPS) is 13.6. The number of methoxy groups -OCH3 is 1. The van der Waals surface area contributed by atoms with Crippen molar-refractivity contribution in [3.8, 4) is 0 Å². The van der Waals surface area contributed by atoms with Crippen LogP contribution in [-0.4, -0.2) is 28.7 Å². The number of ether oxygens (including phenoxy) is 1. The minimum Gasteiger partial charge on any atom is -0.387 e. The van der Waals surface area contributed by atoms with Crippen LogP contribution in [-0.2, 0) is 9.53 Å². The number of hydrogen-bond donors (Lipinski definition) is 2. The molecule has 2 N–H and O–H groups in total. The summed E-state index contributed by atoms with van der Waals surface area (Å²) in [6, 6.07) is 0. The molecule has 1 amide bonds. The molecule has 0 aliphatic rings. The number of aliphatic hydroxyl groups is 1. The summed E-state index contributed by atoms with van der Waals surface area (Å²) < 4.78 is 5.04. The van der Waals surface area contributed by atoms with Crippen LogP contribution in [0.25, 0.3) is 0 Å². The van der Waals surface area contributed by atoms with Gasteiger partial charge in [0, 0.05) is 12.5 Å². The number of thiazole rings is 1. The molecule has 90 valence electrons. The zero-order valence-electron chi connectivity index (χ0n) is 9.77. The maximum atomic E-state index is 11.7. The van der Waals surface area contributed by atoms with Crippen molar-refractivity contribution in [3.05, 3.63) is 11.1 Å². The standard InChI is InChI=1S/C10H16N2O3S/c1-6(13)7-5-16-9(11-7)12-8(14)10(2,3)15-4/h5-6,13H,1-4H3,(H,11,12,14). The largest absolute Gasteiger partial charge is 0.387 e. The summed E-state index contributed by atoms with van der Waals surface area (Å²) in [4.78, 5) is 15.8. The highest BCUT2D eigenvalue weighted by atomic mass is 32.1. The molecular weight excluding hydrogens is 228 g/mol. The van der Waals surface area contributed by atoms with E-state index in [4.69, 9.17) is 4.74 Å². The molecule has 0 bridgehead atoms. The van der Waals surface area contributed by atoms with Gasteiger partial charge in [-0.3, -0.25) is 10.1 Å². The molecule has 5 nitrogen and oxygen atoms in total. The molecule has 1 unspecified atom stereocenters. The van der Waals surface area contributed by atoms with Gasteiger partial charge in [-0.05, 0) is 20.8 Å². The third-order valence-electron chi connectivity index (χ3n) is 2.23. The molecule has 1 atom stereocenters. The molecule has 0 aromatic carbocycles. The Balaban J connectivity index is 2.70. The lowest BCUT2D eigenvalue weighted by Gasteiger charge is -2.20. The average Bonchev–Trinajstić information content (AvgIpc) is 2.66. The average molecular weight is 244 g/mol.